The van der Waals surface area contributed by atoms with Crippen LogP contribution in [0.15, 0.2) is 11.6 Å². The van der Waals surface area contributed by atoms with Crippen LogP contribution in [0.5, 0.6) is 0 Å². The number of nitrogens with two attached hydrogens (primary N) is 1. The molecule has 0 aromatic heterocycles. The number of sulfonamides is 1. The zero-order valence-electron chi connectivity index (χ0n) is 15.5. The number of rotatable bonds is 8. The van der Waals surface area contributed by atoms with E-state index in [1.165, 1.54) is 13.0 Å². The Morgan fingerprint density at radius 2 is 2.19 bits per heavy atom. The van der Waals surface area contributed by atoms with Gasteiger partial charge in [-0.2, -0.15) is 5.06 Å². The van der Waals surface area contributed by atoms with E-state index >= 15 is 0 Å². The summed E-state index contributed by atoms with van der Waals surface area (Å²) in [4.78, 5) is 45.3. The molecule has 0 aromatic rings. The molecule has 0 unspecified atom stereocenters. The Kier molecular flexibility index (Phi) is 7.78. The number of amides is 3. The maximum atomic E-state index is 13.2. The summed E-state index contributed by atoms with van der Waals surface area (Å²) in [5.74, 6) is -3.18. The number of hydrogen-bond acceptors (Lipinski definition) is 7. The van der Waals surface area contributed by atoms with Crippen LogP contribution in [0.4, 0.5) is 9.18 Å². The molecule has 27 heavy (non-hydrogen) atoms. The van der Waals surface area contributed by atoms with Crippen molar-refractivity contribution >= 4 is 27.9 Å². The minimum Gasteiger partial charge on any atom is -1.00 e. The predicted octanol–water partition coefficient (Wildman–Crippen LogP) is -4.81. The van der Waals surface area contributed by atoms with Crippen molar-refractivity contribution in [1.29, 1.82) is 0 Å². The van der Waals surface area contributed by atoms with Crippen LogP contribution in [0.1, 0.15) is 8.35 Å². The molecule has 2 rings (SSSR count). The van der Waals surface area contributed by atoms with E-state index in [-0.39, 0.29) is 26.8 Å². The Hall–Kier alpha value is -1.69. The molecule has 12 nitrogen and oxygen atoms in total. The average Bonchev–Trinajstić information content (AvgIpc) is 2.75. The number of fused-ring (bicyclic) bond motifs is 2. The summed E-state index contributed by atoms with van der Waals surface area (Å²) in [6.07, 6.45) is -1.27. The monoisotopic (exact) mass is 404 g/mol. The fourth-order valence-electron chi connectivity index (χ4n) is 2.55. The van der Waals surface area contributed by atoms with Gasteiger partial charge < -0.3 is 11.4 Å². The van der Waals surface area contributed by atoms with Crippen LogP contribution in [-0.4, -0.2) is 78.7 Å². The van der Waals surface area contributed by atoms with E-state index in [4.69, 9.17) is 15.1 Å². The molecule has 1 fully saturated rings. The van der Waals surface area contributed by atoms with Gasteiger partial charge in [0.15, 0.2) is 0 Å². The smallest absolute Gasteiger partial charge is 1.00 e. The van der Waals surface area contributed by atoms with Gasteiger partial charge in [0, 0.05) is 0 Å². The van der Waals surface area contributed by atoms with Gasteiger partial charge >= 0.3 is 37.2 Å². The van der Waals surface area contributed by atoms with Crippen molar-refractivity contribution in [3.63, 3.8) is 0 Å². The van der Waals surface area contributed by atoms with Gasteiger partial charge in [-0.15, -0.1) is 0 Å². The van der Waals surface area contributed by atoms with Gasteiger partial charge in [0.1, 0.15) is 6.04 Å². The number of carbonyl (C=O) groups excluding carboxylic acids is 2. The van der Waals surface area contributed by atoms with Crippen LogP contribution in [0.2, 0.25) is 0 Å². The zero-order valence-corrected chi connectivity index (χ0v) is 15.3. The van der Waals surface area contributed by atoms with E-state index in [9.17, 15) is 27.2 Å². The van der Waals surface area contributed by atoms with E-state index in [0.29, 0.717) is 10.6 Å². The first-order valence-corrected chi connectivity index (χ1v) is 8.96. The van der Waals surface area contributed by atoms with Crippen LogP contribution in [0.25, 0.3) is 0 Å². The number of nitrogens with zero attached hydrogens (tertiary/aromatic N) is 2. The average molecular weight is 404 g/mol. The number of carboxylic acids is 1. The summed E-state index contributed by atoms with van der Waals surface area (Å²) in [7, 11) is -3.76. The molecule has 0 aromatic carbocycles. The summed E-state index contributed by atoms with van der Waals surface area (Å²) >= 11 is 0. The molecule has 0 saturated carbocycles. The number of nitrogens with one attached hydrogen (secondary N) is 1. The molecule has 3 amide bonds. The minimum atomic E-state index is -3.76. The summed E-state index contributed by atoms with van der Waals surface area (Å²) in [5, 5.41) is 13.9. The second-order valence-electron chi connectivity index (χ2n) is 5.58. The van der Waals surface area contributed by atoms with Crippen molar-refractivity contribution in [2.75, 3.05) is 18.9 Å². The normalized spacial score (nSPS) is 22.8. The van der Waals surface area contributed by atoms with E-state index in [1.807, 2.05) is 5.48 Å². The Morgan fingerprint density at radius 1 is 1.56 bits per heavy atom. The Labute approximate surface area is 167 Å². The second-order valence-corrected chi connectivity index (χ2v) is 7.32. The van der Waals surface area contributed by atoms with Crippen molar-refractivity contribution in [2.45, 2.75) is 25.4 Å². The number of carbonyl (C=O) groups is 3. The third-order valence-corrected chi connectivity index (χ3v) is 4.34. The van der Waals surface area contributed by atoms with Crippen LogP contribution in [0.3, 0.4) is 0 Å². The van der Waals surface area contributed by atoms with Gasteiger partial charge in [-0.1, -0.05) is 6.08 Å². The molecule has 2 bridgehead atoms. The van der Waals surface area contributed by atoms with Crippen LogP contribution in [-0.2, 0) is 29.3 Å². The molecule has 2 heterocycles. The molecule has 0 spiro atoms. The molecule has 4 N–H and O–H groups in total. The number of alkyl halides is 1. The van der Waals surface area contributed by atoms with Gasteiger partial charge in [-0.05, 0) is 12.5 Å². The molecule has 148 valence electrons. The van der Waals surface area contributed by atoms with E-state index in [1.54, 1.807) is 0 Å². The summed E-state index contributed by atoms with van der Waals surface area (Å²) in [6, 6.07) is -2.76. The molecular formula is C12H18FLiN4O8S. The van der Waals surface area contributed by atoms with Gasteiger partial charge in [0.05, 0.1) is 24.9 Å². The van der Waals surface area contributed by atoms with E-state index in [2.05, 4.69) is 4.84 Å². The third-order valence-electron chi connectivity index (χ3n) is 3.61. The van der Waals surface area contributed by atoms with Crippen molar-refractivity contribution in [1.82, 2.24) is 15.4 Å². The molecule has 15 heteroatoms. The molecule has 0 aliphatic carbocycles. The molecule has 3 atom stereocenters. The number of halogens is 1. The molecule has 2 aliphatic heterocycles. The summed E-state index contributed by atoms with van der Waals surface area (Å²) in [5.41, 5.74) is 2.43. The third kappa shape index (κ3) is 5.64. The fraction of sp³-hybridized carbons (Fsp3) is 0.583. The first kappa shape index (κ1) is 23.3. The van der Waals surface area contributed by atoms with Gasteiger partial charge in [0.25, 0.3) is 5.91 Å². The maximum Gasteiger partial charge on any atom is 1.00 e. The topological polar surface area (TPSA) is 169 Å². The Morgan fingerprint density at radius 3 is 2.74 bits per heavy atom. The van der Waals surface area contributed by atoms with E-state index < -0.39 is 58.7 Å². The first-order valence-electron chi connectivity index (χ1n) is 7.25. The molecule has 0 radical (unpaired) electrons. The number of hydroxylamine groups is 3. The van der Waals surface area contributed by atoms with Gasteiger partial charge in [-0.25, -0.2) is 37.9 Å². The quantitative estimate of drug-likeness (QED) is 0.157. The Balaban J connectivity index is 0.00000364. The second kappa shape index (κ2) is 9.00. The van der Waals surface area contributed by atoms with Crippen molar-refractivity contribution in [2.24, 2.45) is 5.14 Å². The largest absolute Gasteiger partial charge is 1.00 e. The number of carboxylic acid groups (broad SMARTS) is 1. The SMILES string of the molecule is CC1=C[C@@H]2CN(C(=O)N2O[C@@H](F)C(=O)O)[C@@H]1C(=O)NOCCS(N)(=O)=O.[H-].[Li+]. The van der Waals surface area contributed by atoms with Crippen molar-refractivity contribution in [3.05, 3.63) is 11.6 Å². The molecule has 2 aliphatic rings. The molecule has 1 saturated heterocycles. The zero-order chi connectivity index (χ0) is 19.6. The number of hydrogen-bond donors (Lipinski definition) is 3. The van der Waals surface area contributed by atoms with Crippen molar-refractivity contribution in [3.8, 4) is 0 Å². The minimum absolute atomic E-state index is 0. The van der Waals surface area contributed by atoms with Crippen LogP contribution in [0, 0.1) is 0 Å². The first-order chi connectivity index (χ1) is 12.0. The summed E-state index contributed by atoms with van der Waals surface area (Å²) in [6.45, 7) is 1.11. The maximum absolute atomic E-state index is 13.2. The van der Waals surface area contributed by atoms with Gasteiger partial charge in [0.2, 0.25) is 10.0 Å². The van der Waals surface area contributed by atoms with Crippen LogP contribution >= 0.6 is 0 Å². The predicted molar refractivity (Wildman–Crippen MR) is 82.1 cm³/mol. The number of aliphatic carboxylic acids is 1. The van der Waals surface area contributed by atoms with Gasteiger partial charge in [-0.3, -0.25) is 9.63 Å². The van der Waals surface area contributed by atoms with E-state index in [0.717, 1.165) is 4.90 Å². The molecular weight excluding hydrogens is 386 g/mol. The van der Waals surface area contributed by atoms with Crippen LogP contribution < -0.4 is 29.5 Å². The Bertz CT molecular complexity index is 754. The number of primary sulfonamides is 1. The fourth-order valence-corrected chi connectivity index (χ4v) is 2.87. The summed E-state index contributed by atoms with van der Waals surface area (Å²) < 4.78 is 34.8. The number of urea groups is 1. The standard InChI is InChI=1S/C12H17FN4O8S.Li.H/c1-6-4-7-5-16(12(21)17(7)25-9(13)11(19)20)8(6)10(18)15-24-2-3-26(14,22)23;;/h4,7-9H,2-3,5H2,1H3,(H,15,18)(H,19,20)(H2,14,22,23);;/q;+1;-1/t7-,8+,9-;;/m1../s1. The van der Waals surface area contributed by atoms with Crippen molar-refractivity contribution < 1.29 is 62.3 Å².